The number of carbonyl (C=O) groups excluding carboxylic acids is 1. The number of hydrazine groups is 1. The summed E-state index contributed by atoms with van der Waals surface area (Å²) < 4.78 is 5.57. The first-order valence-electron chi connectivity index (χ1n) is 6.96. The van der Waals surface area contributed by atoms with Gasteiger partial charge in [0.25, 0.3) is 0 Å². The Balaban J connectivity index is 2.01. The highest BCUT2D eigenvalue weighted by atomic mass is 16.4. The Kier molecular flexibility index (Phi) is 4.47. The van der Waals surface area contributed by atoms with Gasteiger partial charge in [-0.1, -0.05) is 0 Å². The molecule has 6 heteroatoms. The molecular weight excluding hydrogens is 258 g/mol. The van der Waals surface area contributed by atoms with E-state index in [9.17, 15) is 9.90 Å². The number of nitrogen functional groups attached to an aromatic ring is 1. The fourth-order valence-electron chi connectivity index (χ4n) is 2.61. The Labute approximate surface area is 118 Å². The maximum atomic E-state index is 11.5. The smallest absolute Gasteiger partial charge is 0.301 e. The number of likely N-dealkylation sites (tertiary alicyclic amines) is 1. The Morgan fingerprint density at radius 1 is 1.55 bits per heavy atom. The summed E-state index contributed by atoms with van der Waals surface area (Å²) in [5, 5.41) is 10.1. The van der Waals surface area contributed by atoms with E-state index in [1.54, 1.807) is 0 Å². The third-order valence-corrected chi connectivity index (χ3v) is 3.84. The number of nitrogens with two attached hydrogens (primary N) is 1. The van der Waals surface area contributed by atoms with Crippen LogP contribution >= 0.6 is 0 Å². The van der Waals surface area contributed by atoms with Crippen molar-refractivity contribution in [3.63, 3.8) is 0 Å². The minimum atomic E-state index is -0.571. The molecule has 1 aromatic rings. The highest BCUT2D eigenvalue weighted by Crippen LogP contribution is 2.23. The molecule has 1 saturated heterocycles. The molecule has 1 amide bonds. The summed E-state index contributed by atoms with van der Waals surface area (Å²) in [6.45, 7) is 6.11. The standard InChI is InChI=1S/C14H23N3O3/c1-10-8-11(20-12(10)13(18)16-15)9-17-6-3-4-14(2,19)5-7-17/h8,19H,3-7,9,15H2,1-2H3,(H,16,18). The number of nitrogens with zero attached hydrogens (tertiary/aromatic N) is 1. The van der Waals surface area contributed by atoms with Crippen LogP contribution in [-0.4, -0.2) is 34.6 Å². The van der Waals surface area contributed by atoms with Gasteiger partial charge in [0.15, 0.2) is 5.76 Å². The van der Waals surface area contributed by atoms with Gasteiger partial charge in [-0.15, -0.1) is 0 Å². The number of furan rings is 1. The maximum Gasteiger partial charge on any atom is 0.301 e. The molecule has 1 aliphatic rings. The minimum absolute atomic E-state index is 0.268. The molecule has 1 aromatic heterocycles. The Morgan fingerprint density at radius 3 is 3.00 bits per heavy atom. The predicted octanol–water partition coefficient (Wildman–Crippen LogP) is 0.928. The highest BCUT2D eigenvalue weighted by molar-refractivity contribution is 5.92. The number of hydrogen-bond acceptors (Lipinski definition) is 5. The second-order valence-electron chi connectivity index (χ2n) is 5.82. The third kappa shape index (κ3) is 3.59. The van der Waals surface area contributed by atoms with Crippen LogP contribution in [0.1, 0.15) is 48.1 Å². The van der Waals surface area contributed by atoms with Crippen LogP contribution in [0.2, 0.25) is 0 Å². The van der Waals surface area contributed by atoms with Gasteiger partial charge in [0.2, 0.25) is 0 Å². The van der Waals surface area contributed by atoms with Crippen LogP contribution in [-0.2, 0) is 6.54 Å². The fourth-order valence-corrected chi connectivity index (χ4v) is 2.61. The van der Waals surface area contributed by atoms with Gasteiger partial charge >= 0.3 is 5.91 Å². The van der Waals surface area contributed by atoms with Crippen molar-refractivity contribution in [1.82, 2.24) is 10.3 Å². The molecule has 0 radical (unpaired) electrons. The Hall–Kier alpha value is -1.37. The minimum Gasteiger partial charge on any atom is -0.454 e. The van der Waals surface area contributed by atoms with E-state index in [2.05, 4.69) is 10.3 Å². The summed E-state index contributed by atoms with van der Waals surface area (Å²) in [6.07, 6.45) is 2.53. The van der Waals surface area contributed by atoms with Crippen LogP contribution in [0.5, 0.6) is 0 Å². The fraction of sp³-hybridized carbons (Fsp3) is 0.643. The molecule has 0 aliphatic carbocycles. The molecule has 6 nitrogen and oxygen atoms in total. The normalized spacial score (nSPS) is 24.4. The van der Waals surface area contributed by atoms with E-state index in [0.717, 1.165) is 43.7 Å². The zero-order chi connectivity index (χ0) is 14.8. The zero-order valence-electron chi connectivity index (χ0n) is 12.1. The molecular formula is C14H23N3O3. The first-order valence-corrected chi connectivity index (χ1v) is 6.96. The van der Waals surface area contributed by atoms with Crippen molar-refractivity contribution in [1.29, 1.82) is 0 Å². The molecule has 1 unspecified atom stereocenters. The molecule has 0 aromatic carbocycles. The molecule has 2 heterocycles. The van der Waals surface area contributed by atoms with Crippen LogP contribution < -0.4 is 11.3 Å². The van der Waals surface area contributed by atoms with E-state index in [1.807, 2.05) is 19.9 Å². The first-order chi connectivity index (χ1) is 9.41. The molecule has 1 atom stereocenters. The monoisotopic (exact) mass is 281 g/mol. The summed E-state index contributed by atoms with van der Waals surface area (Å²) in [6, 6.07) is 1.87. The lowest BCUT2D eigenvalue weighted by atomic mass is 9.98. The van der Waals surface area contributed by atoms with E-state index in [4.69, 9.17) is 10.3 Å². The number of aryl methyl sites for hydroxylation is 1. The van der Waals surface area contributed by atoms with E-state index in [0.29, 0.717) is 6.54 Å². The number of carbonyl (C=O) groups is 1. The van der Waals surface area contributed by atoms with Gasteiger partial charge in [0.1, 0.15) is 5.76 Å². The summed E-state index contributed by atoms with van der Waals surface area (Å²) in [7, 11) is 0. The van der Waals surface area contributed by atoms with Crippen molar-refractivity contribution in [2.75, 3.05) is 13.1 Å². The molecule has 2 rings (SSSR count). The average molecular weight is 281 g/mol. The van der Waals surface area contributed by atoms with Crippen molar-refractivity contribution in [3.8, 4) is 0 Å². The predicted molar refractivity (Wildman–Crippen MR) is 74.9 cm³/mol. The topological polar surface area (TPSA) is 91.7 Å². The van der Waals surface area contributed by atoms with Crippen LogP contribution in [0.25, 0.3) is 0 Å². The molecule has 20 heavy (non-hydrogen) atoms. The van der Waals surface area contributed by atoms with E-state index < -0.39 is 11.5 Å². The molecule has 4 N–H and O–H groups in total. The van der Waals surface area contributed by atoms with Crippen LogP contribution in [0.3, 0.4) is 0 Å². The van der Waals surface area contributed by atoms with Crippen LogP contribution in [0, 0.1) is 6.92 Å². The Bertz CT molecular complexity index is 482. The summed E-state index contributed by atoms with van der Waals surface area (Å²) >= 11 is 0. The summed E-state index contributed by atoms with van der Waals surface area (Å²) in [5.74, 6) is 5.73. The van der Waals surface area contributed by atoms with Gasteiger partial charge in [-0.2, -0.15) is 0 Å². The molecule has 1 fully saturated rings. The Morgan fingerprint density at radius 2 is 2.30 bits per heavy atom. The van der Waals surface area contributed by atoms with Gasteiger partial charge in [-0.25, -0.2) is 5.84 Å². The second-order valence-corrected chi connectivity index (χ2v) is 5.82. The maximum absolute atomic E-state index is 11.5. The van der Waals surface area contributed by atoms with Gasteiger partial charge < -0.3 is 9.52 Å². The lowest BCUT2D eigenvalue weighted by molar-refractivity contribution is 0.0442. The van der Waals surface area contributed by atoms with Crippen LogP contribution in [0.15, 0.2) is 10.5 Å². The zero-order valence-corrected chi connectivity index (χ0v) is 12.1. The van der Waals surface area contributed by atoms with Gasteiger partial charge in [-0.05, 0) is 45.7 Å². The van der Waals surface area contributed by atoms with Crippen molar-refractivity contribution in [2.45, 2.75) is 45.3 Å². The van der Waals surface area contributed by atoms with Crippen LogP contribution in [0.4, 0.5) is 0 Å². The number of aliphatic hydroxyl groups is 1. The van der Waals surface area contributed by atoms with E-state index >= 15 is 0 Å². The quantitative estimate of drug-likeness (QED) is 0.435. The van der Waals surface area contributed by atoms with Crippen molar-refractivity contribution < 1.29 is 14.3 Å². The van der Waals surface area contributed by atoms with Crippen molar-refractivity contribution >= 4 is 5.91 Å². The third-order valence-electron chi connectivity index (χ3n) is 3.84. The first kappa shape index (κ1) is 15.0. The molecule has 0 spiro atoms. The average Bonchev–Trinajstić information content (AvgIpc) is 2.66. The SMILES string of the molecule is Cc1cc(CN2CCCC(C)(O)CC2)oc1C(=O)NN. The van der Waals surface area contributed by atoms with Crippen molar-refractivity contribution in [2.24, 2.45) is 5.84 Å². The van der Waals surface area contributed by atoms with E-state index in [1.165, 1.54) is 0 Å². The molecule has 0 bridgehead atoms. The van der Waals surface area contributed by atoms with Gasteiger partial charge in [0.05, 0.1) is 12.1 Å². The molecule has 0 saturated carbocycles. The molecule has 112 valence electrons. The number of amides is 1. The molecule has 1 aliphatic heterocycles. The highest BCUT2D eigenvalue weighted by Gasteiger charge is 2.25. The largest absolute Gasteiger partial charge is 0.454 e. The number of hydrogen-bond donors (Lipinski definition) is 3. The lowest BCUT2D eigenvalue weighted by Crippen LogP contribution is -2.30. The van der Waals surface area contributed by atoms with E-state index in [-0.39, 0.29) is 5.76 Å². The number of rotatable bonds is 3. The summed E-state index contributed by atoms with van der Waals surface area (Å²) in [4.78, 5) is 13.7. The second kappa shape index (κ2) is 5.95. The van der Waals surface area contributed by atoms with Crippen molar-refractivity contribution in [3.05, 3.63) is 23.2 Å². The summed E-state index contributed by atoms with van der Waals surface area (Å²) in [5.41, 5.74) is 2.29. The van der Waals surface area contributed by atoms with Gasteiger partial charge in [-0.3, -0.25) is 15.1 Å². The lowest BCUT2D eigenvalue weighted by Gasteiger charge is -2.21. The van der Waals surface area contributed by atoms with Gasteiger partial charge in [0, 0.05) is 12.1 Å². The number of nitrogens with one attached hydrogen (secondary N) is 1.